The fourth-order valence-corrected chi connectivity index (χ4v) is 5.51. The fraction of sp³-hybridized carbons (Fsp3) is 0.357. The number of hydrogen-bond acceptors (Lipinski definition) is 5. The van der Waals surface area contributed by atoms with Crippen LogP contribution in [-0.2, 0) is 14.6 Å². The second kappa shape index (κ2) is 7.77. The van der Waals surface area contributed by atoms with Crippen molar-refractivity contribution in [3.8, 4) is 0 Å². The number of carboxylic acid groups (broad SMARTS) is 1. The van der Waals surface area contributed by atoms with Crippen molar-refractivity contribution in [3.63, 3.8) is 0 Å². The highest BCUT2D eigenvalue weighted by molar-refractivity contribution is 8.76. The van der Waals surface area contributed by atoms with Crippen LogP contribution in [0, 0.1) is 0 Å². The van der Waals surface area contributed by atoms with Gasteiger partial charge in [-0.2, -0.15) is 0 Å². The summed E-state index contributed by atoms with van der Waals surface area (Å²) in [7, 11) is -0.843. The molecule has 0 aliphatic carbocycles. The smallest absolute Gasteiger partial charge is 0.331 e. The minimum atomic E-state index is -3.53. The topological polar surface area (TPSA) is 71.4 Å². The van der Waals surface area contributed by atoms with E-state index in [1.807, 2.05) is 6.26 Å². The van der Waals surface area contributed by atoms with Gasteiger partial charge in [-0.1, -0.05) is 33.2 Å². The molecule has 0 aliphatic heterocycles. The van der Waals surface area contributed by atoms with Crippen LogP contribution < -0.4 is 0 Å². The molecule has 0 aromatic heterocycles. The Morgan fingerprint density at radius 1 is 1.36 bits per heavy atom. The van der Waals surface area contributed by atoms with Gasteiger partial charge in [0.05, 0.1) is 10.3 Å². The Morgan fingerprint density at radius 2 is 1.95 bits per heavy atom. The molecule has 4 nitrogen and oxygen atoms in total. The van der Waals surface area contributed by atoms with Crippen molar-refractivity contribution in [3.05, 3.63) is 28.3 Å². The molecular weight excluding hydrogens is 364 g/mol. The SMILES string of the molecule is CSSc1cc(C=C(C)C(=O)O)cc(Cl)c1S(=O)(=O)C(C)C. The van der Waals surface area contributed by atoms with Crippen LogP contribution in [0.1, 0.15) is 26.3 Å². The van der Waals surface area contributed by atoms with Crippen LogP contribution in [0.3, 0.4) is 0 Å². The second-order valence-electron chi connectivity index (χ2n) is 4.81. The summed E-state index contributed by atoms with van der Waals surface area (Å²) in [5.41, 5.74) is 0.708. The molecule has 22 heavy (non-hydrogen) atoms. The number of carbonyl (C=O) groups is 1. The van der Waals surface area contributed by atoms with Gasteiger partial charge in [-0.15, -0.1) is 0 Å². The average Bonchev–Trinajstić information content (AvgIpc) is 2.37. The molecule has 0 heterocycles. The lowest BCUT2D eigenvalue weighted by Gasteiger charge is -2.14. The van der Waals surface area contributed by atoms with E-state index in [1.165, 1.54) is 40.7 Å². The second-order valence-corrected chi connectivity index (χ2v) is 10.1. The fourth-order valence-electron chi connectivity index (χ4n) is 1.65. The molecule has 0 unspecified atom stereocenters. The number of hydrogen-bond donors (Lipinski definition) is 1. The van der Waals surface area contributed by atoms with Gasteiger partial charge in [0, 0.05) is 10.5 Å². The maximum absolute atomic E-state index is 12.5. The molecule has 0 fully saturated rings. The van der Waals surface area contributed by atoms with E-state index in [-0.39, 0.29) is 15.5 Å². The lowest BCUT2D eigenvalue weighted by molar-refractivity contribution is -0.132. The molecule has 0 atom stereocenters. The molecular formula is C14H17ClO4S3. The Morgan fingerprint density at radius 3 is 2.41 bits per heavy atom. The summed E-state index contributed by atoms with van der Waals surface area (Å²) >= 11 is 6.18. The molecule has 0 bridgehead atoms. The largest absolute Gasteiger partial charge is 0.478 e. The third-order valence-electron chi connectivity index (χ3n) is 2.83. The van der Waals surface area contributed by atoms with E-state index in [4.69, 9.17) is 16.7 Å². The predicted octanol–water partition coefficient (Wildman–Crippen LogP) is 4.38. The molecule has 0 saturated carbocycles. The molecule has 1 rings (SSSR count). The summed E-state index contributed by atoms with van der Waals surface area (Å²) < 4.78 is 24.9. The van der Waals surface area contributed by atoms with Gasteiger partial charge in [-0.25, -0.2) is 13.2 Å². The van der Waals surface area contributed by atoms with E-state index >= 15 is 0 Å². The minimum absolute atomic E-state index is 0.105. The predicted molar refractivity (Wildman–Crippen MR) is 94.4 cm³/mol. The quantitative estimate of drug-likeness (QED) is 0.583. The number of benzene rings is 1. The van der Waals surface area contributed by atoms with Gasteiger partial charge in [-0.3, -0.25) is 0 Å². The Labute approximate surface area is 143 Å². The van der Waals surface area contributed by atoms with Crippen molar-refractivity contribution >= 4 is 55.1 Å². The lowest BCUT2D eigenvalue weighted by Crippen LogP contribution is -2.15. The first-order valence-electron chi connectivity index (χ1n) is 6.31. The van der Waals surface area contributed by atoms with Crippen molar-refractivity contribution in [1.29, 1.82) is 0 Å². The summed E-state index contributed by atoms with van der Waals surface area (Å²) in [5.74, 6) is -1.03. The Kier molecular flexibility index (Phi) is 6.85. The van der Waals surface area contributed by atoms with Crippen molar-refractivity contribution < 1.29 is 18.3 Å². The molecule has 1 N–H and O–H groups in total. The summed E-state index contributed by atoms with van der Waals surface area (Å²) in [4.78, 5) is 11.5. The maximum atomic E-state index is 12.5. The minimum Gasteiger partial charge on any atom is -0.478 e. The molecule has 0 amide bonds. The summed E-state index contributed by atoms with van der Waals surface area (Å²) in [6, 6.07) is 3.13. The van der Waals surface area contributed by atoms with Crippen LogP contribution in [0.5, 0.6) is 0 Å². The normalized spacial score (nSPS) is 12.7. The van der Waals surface area contributed by atoms with Crippen molar-refractivity contribution in [2.45, 2.75) is 35.8 Å². The Balaban J connectivity index is 3.57. The molecule has 0 radical (unpaired) electrons. The van der Waals surface area contributed by atoms with E-state index in [0.29, 0.717) is 10.5 Å². The number of halogens is 1. The average molecular weight is 381 g/mol. The first-order valence-corrected chi connectivity index (χ1v) is 10.8. The molecule has 0 spiro atoms. The van der Waals surface area contributed by atoms with Gasteiger partial charge in [-0.05, 0) is 50.8 Å². The van der Waals surface area contributed by atoms with Crippen LogP contribution in [0.4, 0.5) is 0 Å². The van der Waals surface area contributed by atoms with Gasteiger partial charge in [0.2, 0.25) is 0 Å². The number of rotatable bonds is 6. The number of carboxylic acids is 1. The Hall–Kier alpha value is -0.630. The van der Waals surface area contributed by atoms with Crippen LogP contribution in [0.15, 0.2) is 27.5 Å². The monoisotopic (exact) mass is 380 g/mol. The molecule has 8 heteroatoms. The highest BCUT2D eigenvalue weighted by Gasteiger charge is 2.26. The number of aliphatic carboxylic acids is 1. The highest BCUT2D eigenvalue weighted by Crippen LogP contribution is 2.40. The first kappa shape index (κ1) is 19.4. The molecule has 0 saturated heterocycles. The van der Waals surface area contributed by atoms with Crippen LogP contribution in [0.2, 0.25) is 5.02 Å². The Bertz CT molecular complexity index is 709. The molecule has 122 valence electrons. The zero-order valence-electron chi connectivity index (χ0n) is 12.6. The zero-order chi connectivity index (χ0) is 17.1. The van der Waals surface area contributed by atoms with Gasteiger partial charge < -0.3 is 5.11 Å². The molecule has 0 aliphatic rings. The maximum Gasteiger partial charge on any atom is 0.331 e. The van der Waals surface area contributed by atoms with E-state index in [9.17, 15) is 13.2 Å². The van der Waals surface area contributed by atoms with Gasteiger partial charge in [0.1, 0.15) is 4.90 Å². The number of sulfone groups is 1. The van der Waals surface area contributed by atoms with E-state index in [1.54, 1.807) is 19.9 Å². The molecule has 1 aromatic carbocycles. The summed E-state index contributed by atoms with van der Waals surface area (Å²) in [6.07, 6.45) is 3.29. The van der Waals surface area contributed by atoms with E-state index in [0.717, 1.165) is 0 Å². The van der Waals surface area contributed by atoms with Crippen LogP contribution in [-0.4, -0.2) is 31.0 Å². The van der Waals surface area contributed by atoms with Crippen molar-refractivity contribution in [1.82, 2.24) is 0 Å². The van der Waals surface area contributed by atoms with Gasteiger partial charge >= 0.3 is 5.97 Å². The third-order valence-corrected chi connectivity index (χ3v) is 7.33. The summed E-state index contributed by atoms with van der Waals surface area (Å²) in [6.45, 7) is 4.67. The molecule has 1 aromatic rings. The first-order chi connectivity index (χ1) is 10.1. The highest BCUT2D eigenvalue weighted by atomic mass is 35.5. The summed E-state index contributed by atoms with van der Waals surface area (Å²) in [5, 5.41) is 8.45. The third kappa shape index (κ3) is 4.44. The van der Waals surface area contributed by atoms with E-state index < -0.39 is 21.1 Å². The van der Waals surface area contributed by atoms with Crippen LogP contribution >= 0.6 is 33.2 Å². The van der Waals surface area contributed by atoms with Crippen molar-refractivity contribution in [2.24, 2.45) is 0 Å². The van der Waals surface area contributed by atoms with Crippen molar-refractivity contribution in [2.75, 3.05) is 6.26 Å². The standard InChI is InChI=1S/C14H17ClO4S3/c1-8(2)22(18,19)13-11(15)6-10(5-9(3)14(16)17)7-12(13)21-20-4/h5-8H,1-4H3,(H,16,17). The van der Waals surface area contributed by atoms with Gasteiger partial charge in [0.15, 0.2) is 9.84 Å². The lowest BCUT2D eigenvalue weighted by atomic mass is 10.1. The van der Waals surface area contributed by atoms with E-state index in [2.05, 4.69) is 0 Å². The van der Waals surface area contributed by atoms with Gasteiger partial charge in [0.25, 0.3) is 0 Å². The van der Waals surface area contributed by atoms with Crippen LogP contribution in [0.25, 0.3) is 6.08 Å². The zero-order valence-corrected chi connectivity index (χ0v) is 15.8.